The van der Waals surface area contributed by atoms with Gasteiger partial charge < -0.3 is 14.8 Å². The summed E-state index contributed by atoms with van der Waals surface area (Å²) in [6.45, 7) is 4.25. The van der Waals surface area contributed by atoms with Gasteiger partial charge in [-0.1, -0.05) is 19.8 Å². The molecule has 0 amide bonds. The Balaban J connectivity index is 0.00000242. The summed E-state index contributed by atoms with van der Waals surface area (Å²) in [5.74, 6) is 0.996. The van der Waals surface area contributed by atoms with Crippen LogP contribution in [0.25, 0.3) is 0 Å². The van der Waals surface area contributed by atoms with E-state index in [0.717, 1.165) is 19.0 Å². The number of nitrogens with one attached hydrogen (secondary N) is 1. The van der Waals surface area contributed by atoms with Crippen LogP contribution in [-0.2, 0) is 13.6 Å². The second-order valence-electron chi connectivity index (χ2n) is 6.43. The Labute approximate surface area is 152 Å². The fraction of sp³-hybridized carbons (Fsp3) is 0.706. The first-order valence-electron chi connectivity index (χ1n) is 8.12. The fourth-order valence-corrected chi connectivity index (χ4v) is 3.41. The molecule has 1 aliphatic carbocycles. The van der Waals surface area contributed by atoms with E-state index in [1.165, 1.54) is 37.8 Å². The van der Waals surface area contributed by atoms with Crippen LogP contribution < -0.4 is 5.32 Å². The van der Waals surface area contributed by atoms with Gasteiger partial charge in [0.25, 0.3) is 0 Å². The summed E-state index contributed by atoms with van der Waals surface area (Å²) < 4.78 is 2.16. The summed E-state index contributed by atoms with van der Waals surface area (Å²) in [6, 6.07) is 4.25. The Kier molecular flexibility index (Phi) is 7.72. The predicted molar refractivity (Wildman–Crippen MR) is 105 cm³/mol. The van der Waals surface area contributed by atoms with E-state index in [-0.39, 0.29) is 24.0 Å². The van der Waals surface area contributed by atoms with E-state index in [9.17, 15) is 0 Å². The summed E-state index contributed by atoms with van der Waals surface area (Å²) in [5, 5.41) is 3.60. The van der Waals surface area contributed by atoms with Gasteiger partial charge in [0.2, 0.25) is 0 Å². The van der Waals surface area contributed by atoms with Gasteiger partial charge in [-0.15, -0.1) is 24.0 Å². The lowest BCUT2D eigenvalue weighted by molar-refractivity contribution is 0.279. The summed E-state index contributed by atoms with van der Waals surface area (Å²) in [5.41, 5.74) is 1.79. The van der Waals surface area contributed by atoms with Crippen LogP contribution in [0.15, 0.2) is 23.3 Å². The van der Waals surface area contributed by atoms with E-state index in [2.05, 4.69) is 59.1 Å². The number of guanidine groups is 1. The van der Waals surface area contributed by atoms with Crippen molar-refractivity contribution >= 4 is 29.9 Å². The van der Waals surface area contributed by atoms with Crippen molar-refractivity contribution in [2.75, 3.05) is 20.6 Å². The molecule has 0 atom stereocenters. The largest absolute Gasteiger partial charge is 0.356 e. The van der Waals surface area contributed by atoms with Gasteiger partial charge in [-0.05, 0) is 36.8 Å². The standard InChI is InChI=1S/C17H30N4.HI/c1-5-17(10-6-7-11-17)14-19-16(18-2)21(4)13-15-9-8-12-20(15)3;/h8-9,12H,5-7,10-11,13-14H2,1-4H3,(H,18,19);1H. The molecular formula is C17H31IN4. The molecule has 2 rings (SSSR count). The van der Waals surface area contributed by atoms with Gasteiger partial charge >= 0.3 is 0 Å². The Morgan fingerprint density at radius 1 is 1.41 bits per heavy atom. The molecule has 1 N–H and O–H groups in total. The van der Waals surface area contributed by atoms with Crippen molar-refractivity contribution in [1.29, 1.82) is 0 Å². The van der Waals surface area contributed by atoms with Crippen LogP contribution in [0.3, 0.4) is 0 Å². The SMILES string of the molecule is CCC1(CNC(=NC)N(C)Cc2cccn2C)CCCC1.I. The summed E-state index contributed by atoms with van der Waals surface area (Å²) in [7, 11) is 6.07. The lowest BCUT2D eigenvalue weighted by Gasteiger charge is -2.30. The van der Waals surface area contributed by atoms with E-state index < -0.39 is 0 Å². The zero-order valence-electron chi connectivity index (χ0n) is 14.4. The first-order chi connectivity index (χ1) is 10.1. The van der Waals surface area contributed by atoms with Gasteiger partial charge in [0.1, 0.15) is 0 Å². The van der Waals surface area contributed by atoms with Crippen molar-refractivity contribution in [2.45, 2.75) is 45.6 Å². The van der Waals surface area contributed by atoms with Crippen LogP contribution in [0, 0.1) is 5.41 Å². The van der Waals surface area contributed by atoms with Crippen LogP contribution in [0.1, 0.15) is 44.7 Å². The van der Waals surface area contributed by atoms with E-state index in [1.807, 2.05) is 7.05 Å². The second kappa shape index (κ2) is 8.79. The number of nitrogens with zero attached hydrogens (tertiary/aromatic N) is 3. The first kappa shape index (κ1) is 19.3. The van der Waals surface area contributed by atoms with Crippen molar-refractivity contribution in [1.82, 2.24) is 14.8 Å². The van der Waals surface area contributed by atoms with E-state index in [1.54, 1.807) is 0 Å². The van der Waals surface area contributed by atoms with Crippen molar-refractivity contribution in [2.24, 2.45) is 17.5 Å². The highest BCUT2D eigenvalue weighted by molar-refractivity contribution is 14.0. The minimum absolute atomic E-state index is 0. The van der Waals surface area contributed by atoms with Crippen LogP contribution in [-0.4, -0.2) is 36.1 Å². The number of aromatic nitrogens is 1. The molecule has 22 heavy (non-hydrogen) atoms. The number of halogens is 1. The van der Waals surface area contributed by atoms with Crippen molar-refractivity contribution in [3.05, 3.63) is 24.0 Å². The normalized spacial score (nSPS) is 17.2. The van der Waals surface area contributed by atoms with Crippen LogP contribution in [0.2, 0.25) is 0 Å². The molecule has 1 fully saturated rings. The third-order valence-corrected chi connectivity index (χ3v) is 5.06. The van der Waals surface area contributed by atoms with Crippen molar-refractivity contribution < 1.29 is 0 Å². The minimum Gasteiger partial charge on any atom is -0.356 e. The molecule has 4 nitrogen and oxygen atoms in total. The van der Waals surface area contributed by atoms with Gasteiger partial charge in [-0.25, -0.2) is 0 Å². The molecular weight excluding hydrogens is 387 g/mol. The number of hydrogen-bond acceptors (Lipinski definition) is 1. The van der Waals surface area contributed by atoms with Crippen LogP contribution >= 0.6 is 24.0 Å². The fourth-order valence-electron chi connectivity index (χ4n) is 3.41. The summed E-state index contributed by atoms with van der Waals surface area (Å²) in [4.78, 5) is 6.65. The molecule has 1 heterocycles. The Morgan fingerprint density at radius 3 is 2.59 bits per heavy atom. The maximum absolute atomic E-state index is 4.45. The zero-order valence-corrected chi connectivity index (χ0v) is 16.8. The second-order valence-corrected chi connectivity index (χ2v) is 6.43. The predicted octanol–water partition coefficient (Wildman–Crippen LogP) is 3.62. The molecule has 0 unspecified atom stereocenters. The van der Waals surface area contributed by atoms with Gasteiger partial charge in [0.15, 0.2) is 5.96 Å². The molecule has 1 aliphatic rings. The molecule has 0 aromatic carbocycles. The highest BCUT2D eigenvalue weighted by atomic mass is 127. The minimum atomic E-state index is 0. The van der Waals surface area contributed by atoms with Crippen LogP contribution in [0.4, 0.5) is 0 Å². The van der Waals surface area contributed by atoms with Crippen molar-refractivity contribution in [3.63, 3.8) is 0 Å². The Morgan fingerprint density at radius 2 is 2.09 bits per heavy atom. The zero-order chi connectivity index (χ0) is 15.3. The average molecular weight is 418 g/mol. The monoisotopic (exact) mass is 418 g/mol. The first-order valence-corrected chi connectivity index (χ1v) is 8.12. The quantitative estimate of drug-likeness (QED) is 0.450. The molecule has 0 aliphatic heterocycles. The van der Waals surface area contributed by atoms with E-state index >= 15 is 0 Å². The highest BCUT2D eigenvalue weighted by Gasteiger charge is 2.32. The van der Waals surface area contributed by atoms with Crippen molar-refractivity contribution in [3.8, 4) is 0 Å². The average Bonchev–Trinajstić information content (AvgIpc) is 3.10. The van der Waals surface area contributed by atoms with E-state index in [4.69, 9.17) is 0 Å². The lowest BCUT2D eigenvalue weighted by Crippen LogP contribution is -2.43. The number of hydrogen-bond donors (Lipinski definition) is 1. The molecule has 5 heteroatoms. The Bertz CT molecular complexity index is 475. The molecule has 1 saturated carbocycles. The smallest absolute Gasteiger partial charge is 0.193 e. The number of aryl methyl sites for hydroxylation is 1. The van der Waals surface area contributed by atoms with Crippen LogP contribution in [0.5, 0.6) is 0 Å². The summed E-state index contributed by atoms with van der Waals surface area (Å²) in [6.07, 6.45) is 8.83. The maximum atomic E-state index is 4.45. The molecule has 0 bridgehead atoms. The summed E-state index contributed by atoms with van der Waals surface area (Å²) >= 11 is 0. The third-order valence-electron chi connectivity index (χ3n) is 5.06. The molecule has 0 saturated heterocycles. The van der Waals surface area contributed by atoms with Gasteiger partial charge in [-0.2, -0.15) is 0 Å². The topological polar surface area (TPSA) is 32.6 Å². The molecule has 0 radical (unpaired) electrons. The highest BCUT2D eigenvalue weighted by Crippen LogP contribution is 2.40. The van der Waals surface area contributed by atoms with E-state index in [0.29, 0.717) is 5.41 Å². The molecule has 1 aromatic heterocycles. The molecule has 1 aromatic rings. The molecule has 0 spiro atoms. The van der Waals surface area contributed by atoms with Gasteiger partial charge in [0, 0.05) is 39.6 Å². The number of aliphatic imine (C=N–C) groups is 1. The Hall–Kier alpha value is -0.720. The maximum Gasteiger partial charge on any atom is 0.193 e. The molecule has 126 valence electrons. The number of rotatable bonds is 5. The lowest BCUT2D eigenvalue weighted by atomic mass is 9.83. The third kappa shape index (κ3) is 4.64. The van der Waals surface area contributed by atoms with Gasteiger partial charge in [0.05, 0.1) is 6.54 Å². The van der Waals surface area contributed by atoms with Gasteiger partial charge in [-0.3, -0.25) is 4.99 Å².